The van der Waals surface area contributed by atoms with E-state index in [1.807, 2.05) is 30.3 Å². The van der Waals surface area contributed by atoms with Crippen LogP contribution in [0.3, 0.4) is 0 Å². The molecule has 4 aromatic rings. The number of aromatic nitrogens is 1. The molecule has 0 spiro atoms. The fraction of sp³-hybridized carbons (Fsp3) is 0. The van der Waals surface area contributed by atoms with Gasteiger partial charge in [-0.25, -0.2) is 9.37 Å². The third-order valence-corrected chi connectivity index (χ3v) is 3.85. The molecule has 3 aromatic carbocycles. The molecule has 0 unspecified atom stereocenters. The monoisotopic (exact) mass is 338 g/mol. The van der Waals surface area contributed by atoms with Crippen molar-refractivity contribution in [2.24, 2.45) is 0 Å². The van der Waals surface area contributed by atoms with Crippen LogP contribution in [0.5, 0.6) is 0 Å². The Morgan fingerprint density at radius 2 is 1.54 bits per heavy atom. The van der Waals surface area contributed by atoms with E-state index in [1.165, 1.54) is 12.1 Å². The van der Waals surface area contributed by atoms with Crippen molar-refractivity contribution in [2.75, 3.05) is 5.32 Å². The van der Waals surface area contributed by atoms with Crippen LogP contribution in [0.1, 0.15) is 0 Å². The van der Waals surface area contributed by atoms with E-state index in [1.54, 1.807) is 24.3 Å². The van der Waals surface area contributed by atoms with Crippen LogP contribution >= 0.6 is 11.6 Å². The molecule has 0 saturated heterocycles. The van der Waals surface area contributed by atoms with Gasteiger partial charge < -0.3 is 9.73 Å². The third-order valence-electron chi connectivity index (χ3n) is 3.62. The molecule has 118 valence electrons. The zero-order valence-electron chi connectivity index (χ0n) is 12.5. The molecule has 24 heavy (non-hydrogen) atoms. The van der Waals surface area contributed by atoms with Crippen molar-refractivity contribution in [3.63, 3.8) is 0 Å². The van der Waals surface area contributed by atoms with Crippen LogP contribution in [0.2, 0.25) is 5.02 Å². The van der Waals surface area contributed by atoms with E-state index in [2.05, 4.69) is 10.3 Å². The van der Waals surface area contributed by atoms with Gasteiger partial charge in [-0.15, -0.1) is 0 Å². The lowest BCUT2D eigenvalue weighted by Gasteiger charge is -2.06. The number of nitrogens with one attached hydrogen (secondary N) is 1. The Bertz CT molecular complexity index is 994. The first kappa shape index (κ1) is 14.7. The normalized spacial score (nSPS) is 10.9. The SMILES string of the molecule is Fc1ccc(Nc2ccc(-c3nc4ccc(Cl)cc4o3)cc2)cc1. The maximum atomic E-state index is 12.9. The number of halogens is 2. The molecule has 0 aliphatic carbocycles. The summed E-state index contributed by atoms with van der Waals surface area (Å²) in [6.45, 7) is 0. The Labute approximate surface area is 142 Å². The van der Waals surface area contributed by atoms with Crippen molar-refractivity contribution in [2.45, 2.75) is 0 Å². The fourth-order valence-corrected chi connectivity index (χ4v) is 2.58. The lowest BCUT2D eigenvalue weighted by Crippen LogP contribution is -1.90. The molecule has 0 aliphatic heterocycles. The van der Waals surface area contributed by atoms with E-state index in [0.29, 0.717) is 16.5 Å². The number of anilines is 2. The van der Waals surface area contributed by atoms with Crippen molar-refractivity contribution in [3.8, 4) is 11.5 Å². The van der Waals surface area contributed by atoms with Gasteiger partial charge >= 0.3 is 0 Å². The second-order valence-corrected chi connectivity index (χ2v) is 5.78. The predicted molar refractivity (Wildman–Crippen MR) is 94.1 cm³/mol. The Hall–Kier alpha value is -2.85. The first-order chi connectivity index (χ1) is 11.7. The van der Waals surface area contributed by atoms with Crippen LogP contribution in [0.25, 0.3) is 22.6 Å². The quantitative estimate of drug-likeness (QED) is 0.495. The van der Waals surface area contributed by atoms with Crippen molar-refractivity contribution >= 4 is 34.1 Å². The van der Waals surface area contributed by atoms with Crippen molar-refractivity contribution in [1.82, 2.24) is 4.98 Å². The minimum absolute atomic E-state index is 0.257. The van der Waals surface area contributed by atoms with Gasteiger partial charge in [0.25, 0.3) is 0 Å². The molecule has 5 heteroatoms. The van der Waals surface area contributed by atoms with Gasteiger partial charge in [-0.3, -0.25) is 0 Å². The van der Waals surface area contributed by atoms with Gasteiger partial charge in [0.05, 0.1) is 0 Å². The van der Waals surface area contributed by atoms with Crippen LogP contribution in [0.15, 0.2) is 71.1 Å². The summed E-state index contributed by atoms with van der Waals surface area (Å²) >= 11 is 5.96. The first-order valence-electron chi connectivity index (χ1n) is 7.36. The molecular weight excluding hydrogens is 327 g/mol. The summed E-state index contributed by atoms with van der Waals surface area (Å²) in [4.78, 5) is 4.46. The number of rotatable bonds is 3. The van der Waals surface area contributed by atoms with E-state index >= 15 is 0 Å². The van der Waals surface area contributed by atoms with Crippen LogP contribution in [0, 0.1) is 5.82 Å². The van der Waals surface area contributed by atoms with Crippen LogP contribution in [0.4, 0.5) is 15.8 Å². The summed E-state index contributed by atoms with van der Waals surface area (Å²) in [7, 11) is 0. The molecular formula is C19H12ClFN2O. The molecule has 1 N–H and O–H groups in total. The Kier molecular flexibility index (Phi) is 3.67. The Morgan fingerprint density at radius 1 is 0.875 bits per heavy atom. The average Bonchev–Trinajstić information content (AvgIpc) is 3.01. The van der Waals surface area contributed by atoms with E-state index in [9.17, 15) is 4.39 Å². The van der Waals surface area contributed by atoms with Crippen molar-refractivity contribution in [1.29, 1.82) is 0 Å². The molecule has 0 amide bonds. The Morgan fingerprint density at radius 3 is 2.25 bits per heavy atom. The van der Waals surface area contributed by atoms with Gasteiger partial charge in [0.2, 0.25) is 5.89 Å². The molecule has 0 saturated carbocycles. The molecule has 0 radical (unpaired) electrons. The third kappa shape index (κ3) is 2.96. The largest absolute Gasteiger partial charge is 0.436 e. The standard InChI is InChI=1S/C19H12ClFN2O/c20-13-3-10-17-18(11-13)24-19(23-17)12-1-6-15(7-2-12)22-16-8-4-14(21)5-9-16/h1-11,22H. The minimum atomic E-state index is -0.257. The number of benzene rings is 3. The molecule has 0 atom stereocenters. The van der Waals surface area contributed by atoms with Crippen LogP contribution in [-0.4, -0.2) is 4.98 Å². The molecule has 1 heterocycles. The number of nitrogens with zero attached hydrogens (tertiary/aromatic N) is 1. The first-order valence-corrected chi connectivity index (χ1v) is 7.74. The maximum Gasteiger partial charge on any atom is 0.227 e. The van der Waals surface area contributed by atoms with Gasteiger partial charge in [-0.2, -0.15) is 0 Å². The van der Waals surface area contributed by atoms with E-state index < -0.39 is 0 Å². The highest BCUT2D eigenvalue weighted by molar-refractivity contribution is 6.31. The summed E-state index contributed by atoms with van der Waals surface area (Å²) in [5.74, 6) is 0.285. The maximum absolute atomic E-state index is 12.9. The predicted octanol–water partition coefficient (Wildman–Crippen LogP) is 6.03. The highest BCUT2D eigenvalue weighted by Crippen LogP contribution is 2.27. The zero-order chi connectivity index (χ0) is 16.5. The summed E-state index contributed by atoms with van der Waals surface area (Å²) in [6, 6.07) is 19.2. The van der Waals surface area contributed by atoms with Crippen LogP contribution in [-0.2, 0) is 0 Å². The second kappa shape index (κ2) is 5.98. The highest BCUT2D eigenvalue weighted by atomic mass is 35.5. The van der Waals surface area contributed by atoms with E-state index in [0.717, 1.165) is 22.5 Å². The summed E-state index contributed by atoms with van der Waals surface area (Å²) in [6.07, 6.45) is 0. The number of fused-ring (bicyclic) bond motifs is 1. The highest BCUT2D eigenvalue weighted by Gasteiger charge is 2.08. The van der Waals surface area contributed by atoms with Gasteiger partial charge in [0.15, 0.2) is 5.58 Å². The smallest absolute Gasteiger partial charge is 0.227 e. The lowest BCUT2D eigenvalue weighted by molar-refractivity contribution is 0.620. The fourth-order valence-electron chi connectivity index (χ4n) is 2.42. The molecule has 3 nitrogen and oxygen atoms in total. The second-order valence-electron chi connectivity index (χ2n) is 5.34. The van der Waals surface area contributed by atoms with Gasteiger partial charge in [-0.1, -0.05) is 11.6 Å². The topological polar surface area (TPSA) is 38.1 Å². The van der Waals surface area contributed by atoms with Gasteiger partial charge in [0.1, 0.15) is 11.3 Å². The number of oxazole rings is 1. The summed E-state index contributed by atoms with van der Waals surface area (Å²) in [5, 5.41) is 3.82. The molecule has 0 fully saturated rings. The van der Waals surface area contributed by atoms with Crippen molar-refractivity contribution < 1.29 is 8.81 Å². The van der Waals surface area contributed by atoms with E-state index in [4.69, 9.17) is 16.0 Å². The van der Waals surface area contributed by atoms with Gasteiger partial charge in [0, 0.05) is 28.0 Å². The number of hydrogen-bond acceptors (Lipinski definition) is 3. The zero-order valence-corrected chi connectivity index (χ0v) is 13.2. The molecule has 0 bridgehead atoms. The molecule has 1 aromatic heterocycles. The molecule has 0 aliphatic rings. The van der Waals surface area contributed by atoms with Gasteiger partial charge in [-0.05, 0) is 60.7 Å². The summed E-state index contributed by atoms with van der Waals surface area (Å²) < 4.78 is 18.7. The van der Waals surface area contributed by atoms with E-state index in [-0.39, 0.29) is 5.82 Å². The van der Waals surface area contributed by atoms with Crippen molar-refractivity contribution in [3.05, 3.63) is 77.6 Å². The Balaban J connectivity index is 1.59. The average molecular weight is 339 g/mol. The minimum Gasteiger partial charge on any atom is -0.436 e. The number of hydrogen-bond donors (Lipinski definition) is 1. The molecule has 4 rings (SSSR count). The lowest BCUT2D eigenvalue weighted by atomic mass is 10.2. The summed E-state index contributed by atoms with van der Waals surface area (Å²) in [5.41, 5.74) is 4.01. The van der Waals surface area contributed by atoms with Crippen LogP contribution < -0.4 is 5.32 Å².